The molecule has 1 aliphatic rings. The summed E-state index contributed by atoms with van der Waals surface area (Å²) in [7, 11) is 0. The summed E-state index contributed by atoms with van der Waals surface area (Å²) < 4.78 is 1.02. The minimum Gasteiger partial charge on any atom is -0.265 e. The molecule has 0 spiro atoms. The van der Waals surface area contributed by atoms with Crippen molar-refractivity contribution in [1.29, 1.82) is 0 Å². The first-order valence-corrected chi connectivity index (χ1v) is 12.8. The summed E-state index contributed by atoms with van der Waals surface area (Å²) in [6, 6.07) is 7.80. The van der Waals surface area contributed by atoms with Gasteiger partial charge in [0.25, 0.3) is 0 Å². The lowest BCUT2D eigenvalue weighted by Gasteiger charge is -2.06. The standard InChI is InChI=1S/C27H24N6OS2/c1-5-8-9-14-18(4)21-17-35-27(29-21)33-25(34)24(23(32-33)19(12-6-2)13-7-3)30-31-26-28-20-15-10-11-16-22(20)36-26/h5-17H,1-2H2,3-4H3,(H,28,31)/b9-8-,13-7-,18-14+,19-12+,30-24-. The molecule has 1 N–H and O–H groups in total. The van der Waals surface area contributed by atoms with Crippen molar-refractivity contribution >= 4 is 66.1 Å². The number of thiazole rings is 2. The number of carbonyl (C=O) groups excluding carboxylic acids is 1. The van der Waals surface area contributed by atoms with Gasteiger partial charge in [-0.2, -0.15) is 15.2 Å². The van der Waals surface area contributed by atoms with Crippen LogP contribution < -0.4 is 10.4 Å². The van der Waals surface area contributed by atoms with Gasteiger partial charge < -0.3 is 0 Å². The second-order valence-electron chi connectivity index (χ2n) is 7.47. The zero-order valence-corrected chi connectivity index (χ0v) is 21.5. The summed E-state index contributed by atoms with van der Waals surface area (Å²) >= 11 is 2.79. The predicted molar refractivity (Wildman–Crippen MR) is 154 cm³/mol. The Bertz CT molecular complexity index is 1470. The third-order valence-electron chi connectivity index (χ3n) is 4.96. The Morgan fingerprint density at radius 3 is 2.72 bits per heavy atom. The van der Waals surface area contributed by atoms with Crippen LogP contribution in [0.3, 0.4) is 0 Å². The number of nitrogens with one attached hydrogen (secondary N) is 1. The normalized spacial score (nSPS) is 16.1. The van der Waals surface area contributed by atoms with E-state index < -0.39 is 0 Å². The predicted octanol–water partition coefficient (Wildman–Crippen LogP) is 6.76. The summed E-state index contributed by atoms with van der Waals surface area (Å²) in [5.74, 6) is -0.382. The lowest BCUT2D eigenvalue weighted by Crippen LogP contribution is -2.28. The highest BCUT2D eigenvalue weighted by Crippen LogP contribution is 2.29. The second-order valence-corrected chi connectivity index (χ2v) is 9.34. The molecule has 0 saturated heterocycles. The first-order chi connectivity index (χ1) is 17.5. The molecule has 0 bridgehead atoms. The highest BCUT2D eigenvalue weighted by molar-refractivity contribution is 7.22. The summed E-state index contributed by atoms with van der Waals surface area (Å²) in [5.41, 5.74) is 6.82. The van der Waals surface area contributed by atoms with Gasteiger partial charge in [0.1, 0.15) is 5.71 Å². The van der Waals surface area contributed by atoms with Crippen LogP contribution in [0.25, 0.3) is 15.8 Å². The third-order valence-corrected chi connectivity index (χ3v) is 6.72. The molecule has 180 valence electrons. The van der Waals surface area contributed by atoms with E-state index in [0.717, 1.165) is 21.5 Å². The van der Waals surface area contributed by atoms with Crippen molar-refractivity contribution in [3.8, 4) is 0 Å². The Morgan fingerprint density at radius 1 is 1.14 bits per heavy atom. The molecule has 0 radical (unpaired) electrons. The van der Waals surface area contributed by atoms with Gasteiger partial charge in [-0.1, -0.05) is 85.2 Å². The van der Waals surface area contributed by atoms with Gasteiger partial charge >= 0.3 is 5.91 Å². The van der Waals surface area contributed by atoms with Crippen LogP contribution in [0.5, 0.6) is 0 Å². The maximum absolute atomic E-state index is 13.5. The minimum absolute atomic E-state index is 0.165. The van der Waals surface area contributed by atoms with Crippen LogP contribution >= 0.6 is 22.7 Å². The summed E-state index contributed by atoms with van der Waals surface area (Å²) in [6.07, 6.45) is 14.5. The molecule has 0 atom stereocenters. The number of fused-ring (bicyclic) bond motifs is 1. The number of hydrazone groups is 2. The summed E-state index contributed by atoms with van der Waals surface area (Å²) in [6.45, 7) is 11.3. The molecule has 36 heavy (non-hydrogen) atoms. The van der Waals surface area contributed by atoms with Crippen LogP contribution in [0.4, 0.5) is 10.3 Å². The molecule has 9 heteroatoms. The van der Waals surface area contributed by atoms with Crippen LogP contribution in [0.2, 0.25) is 0 Å². The Kier molecular flexibility index (Phi) is 7.94. The van der Waals surface area contributed by atoms with Gasteiger partial charge in [-0.05, 0) is 31.6 Å². The van der Waals surface area contributed by atoms with Crippen molar-refractivity contribution in [2.75, 3.05) is 10.4 Å². The van der Waals surface area contributed by atoms with Gasteiger partial charge in [0.2, 0.25) is 10.3 Å². The first-order valence-electron chi connectivity index (χ1n) is 11.1. The molecule has 1 aliphatic heterocycles. The number of amides is 1. The smallest absolute Gasteiger partial charge is 0.265 e. The number of hydrogen-bond acceptors (Lipinski definition) is 8. The fraction of sp³-hybridized carbons (Fsp3) is 0.0741. The van der Waals surface area contributed by atoms with Crippen molar-refractivity contribution in [2.24, 2.45) is 10.2 Å². The Labute approximate surface area is 217 Å². The van der Waals surface area contributed by atoms with E-state index in [-0.39, 0.29) is 11.6 Å². The maximum atomic E-state index is 13.5. The molecule has 7 nitrogen and oxygen atoms in total. The van der Waals surface area contributed by atoms with Gasteiger partial charge in [0.05, 0.1) is 15.9 Å². The van der Waals surface area contributed by atoms with Gasteiger partial charge in [-0.15, -0.1) is 11.3 Å². The van der Waals surface area contributed by atoms with Crippen LogP contribution in [0.1, 0.15) is 19.5 Å². The molecule has 0 saturated carbocycles. The Morgan fingerprint density at radius 2 is 1.97 bits per heavy atom. The number of rotatable bonds is 9. The van der Waals surface area contributed by atoms with E-state index in [1.54, 1.807) is 18.2 Å². The minimum atomic E-state index is -0.382. The molecule has 0 unspecified atom stereocenters. The lowest BCUT2D eigenvalue weighted by atomic mass is 10.1. The van der Waals surface area contributed by atoms with Crippen LogP contribution in [0.15, 0.2) is 107 Å². The van der Waals surface area contributed by atoms with Crippen molar-refractivity contribution in [2.45, 2.75) is 13.8 Å². The number of allylic oxidation sites excluding steroid dienone is 10. The number of aromatic nitrogens is 2. The van der Waals surface area contributed by atoms with Gasteiger partial charge in [-0.3, -0.25) is 10.2 Å². The highest BCUT2D eigenvalue weighted by atomic mass is 32.1. The zero-order chi connectivity index (χ0) is 25.5. The topological polar surface area (TPSA) is 82.8 Å². The number of hydrogen-bond donors (Lipinski definition) is 1. The zero-order valence-electron chi connectivity index (χ0n) is 19.9. The van der Waals surface area contributed by atoms with Crippen LogP contribution in [-0.4, -0.2) is 27.3 Å². The average molecular weight is 513 g/mol. The van der Waals surface area contributed by atoms with E-state index in [9.17, 15) is 4.79 Å². The molecular formula is C27H24N6OS2. The second kappa shape index (κ2) is 11.5. The van der Waals surface area contributed by atoms with Crippen molar-refractivity contribution in [3.05, 3.63) is 103 Å². The fourth-order valence-electron chi connectivity index (χ4n) is 3.27. The third kappa shape index (κ3) is 5.37. The van der Waals surface area contributed by atoms with E-state index in [2.05, 4.69) is 38.8 Å². The van der Waals surface area contributed by atoms with Crippen molar-refractivity contribution in [3.63, 3.8) is 0 Å². The molecule has 0 fully saturated rings. The van der Waals surface area contributed by atoms with E-state index >= 15 is 0 Å². The molecule has 4 rings (SSSR count). The lowest BCUT2D eigenvalue weighted by molar-refractivity contribution is -0.112. The number of para-hydroxylation sites is 1. The number of carbonyl (C=O) groups is 1. The summed E-state index contributed by atoms with van der Waals surface area (Å²) in [5, 5.41) is 13.3. The fourth-order valence-corrected chi connectivity index (χ4v) is 4.91. The quantitative estimate of drug-likeness (QED) is 0.254. The molecule has 2 aromatic heterocycles. The molecule has 0 aliphatic carbocycles. The van der Waals surface area contributed by atoms with E-state index in [1.165, 1.54) is 27.7 Å². The Balaban J connectivity index is 1.70. The van der Waals surface area contributed by atoms with E-state index in [1.807, 2.05) is 73.9 Å². The molecule has 1 amide bonds. The van der Waals surface area contributed by atoms with Crippen LogP contribution in [0, 0.1) is 0 Å². The van der Waals surface area contributed by atoms with Crippen molar-refractivity contribution in [1.82, 2.24) is 9.97 Å². The van der Waals surface area contributed by atoms with Crippen molar-refractivity contribution < 1.29 is 4.79 Å². The SMILES string of the molecule is C=C/C=C\C=C(/C)c1csc(N2N=C(C(/C=C\C)=C/C=C)/C(=N/Nc3nc4ccccc4s3)C2=O)n1. The average Bonchev–Trinajstić information content (AvgIpc) is 3.59. The molecule has 1 aromatic carbocycles. The van der Waals surface area contributed by atoms with Gasteiger partial charge in [-0.25, -0.2) is 9.97 Å². The number of anilines is 2. The number of benzene rings is 1. The first kappa shape index (κ1) is 24.9. The monoisotopic (exact) mass is 512 g/mol. The van der Waals surface area contributed by atoms with Gasteiger partial charge in [0, 0.05) is 11.0 Å². The highest BCUT2D eigenvalue weighted by Gasteiger charge is 2.36. The summed E-state index contributed by atoms with van der Waals surface area (Å²) in [4.78, 5) is 22.7. The molecule has 3 heterocycles. The number of nitrogens with zero attached hydrogens (tertiary/aromatic N) is 5. The van der Waals surface area contributed by atoms with E-state index in [4.69, 9.17) is 0 Å². The Hall–Kier alpha value is -4.21. The van der Waals surface area contributed by atoms with Gasteiger partial charge in [0.15, 0.2) is 5.71 Å². The molecular weight excluding hydrogens is 488 g/mol. The maximum Gasteiger partial charge on any atom is 0.303 e. The van der Waals surface area contributed by atoms with E-state index in [0.29, 0.717) is 21.5 Å². The molecule has 3 aromatic rings. The van der Waals surface area contributed by atoms with Crippen LogP contribution in [-0.2, 0) is 4.79 Å². The largest absolute Gasteiger partial charge is 0.303 e.